The topological polar surface area (TPSA) is 136 Å². The summed E-state index contributed by atoms with van der Waals surface area (Å²) in [4.78, 5) is 26.7. The highest BCUT2D eigenvalue weighted by molar-refractivity contribution is 7.10. The summed E-state index contributed by atoms with van der Waals surface area (Å²) in [5.74, 6) is -1.04. The van der Waals surface area contributed by atoms with Gasteiger partial charge < -0.3 is 20.4 Å². The summed E-state index contributed by atoms with van der Waals surface area (Å²) in [6, 6.07) is 10.4. The molecule has 0 aliphatic carbocycles. The lowest BCUT2D eigenvalue weighted by Gasteiger charge is -2.21. The normalized spacial score (nSPS) is 11.3. The summed E-state index contributed by atoms with van der Waals surface area (Å²) in [5.41, 5.74) is -0.583. The lowest BCUT2D eigenvalue weighted by molar-refractivity contribution is -0.139. The Bertz CT molecular complexity index is 1430. The SMILES string of the molecule is O=C(Nc1nc(-c2ccc(F)c(C(F)(F)F)c2)ns1)c1ccc(Nc2cc(N(CCO)CCO)ncn2)cc1. The zero-order valence-corrected chi connectivity index (χ0v) is 20.8. The van der Waals surface area contributed by atoms with Crippen LogP contribution in [0.4, 0.5) is 40.0 Å². The average Bonchev–Trinajstić information content (AvgIpc) is 3.37. The van der Waals surface area contributed by atoms with Crippen LogP contribution in [-0.2, 0) is 6.18 Å². The minimum Gasteiger partial charge on any atom is -0.395 e. The number of benzene rings is 2. The van der Waals surface area contributed by atoms with Gasteiger partial charge in [0.1, 0.15) is 23.8 Å². The molecule has 0 spiro atoms. The van der Waals surface area contributed by atoms with Gasteiger partial charge in [-0.25, -0.2) is 14.4 Å². The van der Waals surface area contributed by atoms with E-state index in [1.54, 1.807) is 35.2 Å². The fourth-order valence-corrected chi connectivity index (χ4v) is 4.05. The summed E-state index contributed by atoms with van der Waals surface area (Å²) in [5, 5.41) is 24.1. The molecule has 4 aromatic rings. The van der Waals surface area contributed by atoms with Crippen molar-refractivity contribution in [1.82, 2.24) is 19.3 Å². The first-order chi connectivity index (χ1) is 18.7. The fourth-order valence-electron chi connectivity index (χ4n) is 3.47. The summed E-state index contributed by atoms with van der Waals surface area (Å²) in [6.07, 6.45) is -3.53. The molecule has 39 heavy (non-hydrogen) atoms. The third-order valence-electron chi connectivity index (χ3n) is 5.31. The van der Waals surface area contributed by atoms with Gasteiger partial charge in [0, 0.05) is 47.5 Å². The van der Waals surface area contributed by atoms with Crippen molar-refractivity contribution < 1.29 is 32.6 Å². The van der Waals surface area contributed by atoms with Crippen LogP contribution >= 0.6 is 11.5 Å². The highest BCUT2D eigenvalue weighted by Gasteiger charge is 2.34. The highest BCUT2D eigenvalue weighted by atomic mass is 32.1. The van der Waals surface area contributed by atoms with Crippen LogP contribution in [0.2, 0.25) is 0 Å². The van der Waals surface area contributed by atoms with E-state index in [4.69, 9.17) is 0 Å². The third-order valence-corrected chi connectivity index (χ3v) is 5.94. The second-order valence-corrected chi connectivity index (χ2v) is 8.72. The number of anilines is 4. The quantitative estimate of drug-likeness (QED) is 0.212. The number of nitrogens with zero attached hydrogens (tertiary/aromatic N) is 5. The van der Waals surface area contributed by atoms with Crippen LogP contribution in [0.25, 0.3) is 11.4 Å². The first-order valence-corrected chi connectivity index (χ1v) is 12.1. The van der Waals surface area contributed by atoms with Crippen LogP contribution in [0.1, 0.15) is 15.9 Å². The van der Waals surface area contributed by atoms with Gasteiger partial charge in [0.15, 0.2) is 5.82 Å². The molecule has 10 nitrogen and oxygen atoms in total. The average molecular weight is 564 g/mol. The minimum absolute atomic E-state index is 0.0420. The van der Waals surface area contributed by atoms with Gasteiger partial charge in [0.2, 0.25) is 5.13 Å². The van der Waals surface area contributed by atoms with Crippen LogP contribution in [-0.4, -0.2) is 61.7 Å². The maximum Gasteiger partial charge on any atom is 0.419 e. The number of aliphatic hydroxyl groups excluding tert-OH is 2. The second-order valence-electron chi connectivity index (χ2n) is 7.97. The predicted octanol–water partition coefficient (Wildman–Crippen LogP) is 3.94. The van der Waals surface area contributed by atoms with E-state index in [0.717, 1.165) is 17.6 Å². The molecule has 15 heteroatoms. The van der Waals surface area contributed by atoms with E-state index in [1.165, 1.54) is 6.33 Å². The summed E-state index contributed by atoms with van der Waals surface area (Å²) < 4.78 is 56.5. The Morgan fingerprint density at radius 1 is 1.00 bits per heavy atom. The summed E-state index contributed by atoms with van der Waals surface area (Å²) in [6.45, 7) is 0.352. The lowest BCUT2D eigenvalue weighted by atomic mass is 10.1. The number of rotatable bonds is 10. The molecule has 0 atom stereocenters. The molecule has 2 aromatic heterocycles. The van der Waals surface area contributed by atoms with Gasteiger partial charge in [-0.15, -0.1) is 0 Å². The molecule has 0 saturated heterocycles. The summed E-state index contributed by atoms with van der Waals surface area (Å²) >= 11 is 0.770. The van der Waals surface area contributed by atoms with Gasteiger partial charge in [-0.3, -0.25) is 10.1 Å². The highest BCUT2D eigenvalue weighted by Crippen LogP contribution is 2.34. The smallest absolute Gasteiger partial charge is 0.395 e. The van der Waals surface area contributed by atoms with Gasteiger partial charge in [0.05, 0.1) is 18.8 Å². The van der Waals surface area contributed by atoms with Crippen molar-refractivity contribution >= 4 is 39.9 Å². The Kier molecular flexibility index (Phi) is 8.63. The minimum atomic E-state index is -4.87. The molecule has 4 N–H and O–H groups in total. The van der Waals surface area contributed by atoms with Gasteiger partial charge in [-0.1, -0.05) is 0 Å². The maximum absolute atomic E-state index is 13.6. The van der Waals surface area contributed by atoms with Crippen LogP contribution in [0.5, 0.6) is 0 Å². The number of alkyl halides is 3. The van der Waals surface area contributed by atoms with E-state index >= 15 is 0 Å². The molecule has 0 fully saturated rings. The Hall–Kier alpha value is -4.21. The van der Waals surface area contributed by atoms with Crippen molar-refractivity contribution in [2.24, 2.45) is 0 Å². The molecule has 0 aliphatic rings. The van der Waals surface area contributed by atoms with E-state index in [1.807, 2.05) is 0 Å². The van der Waals surface area contributed by atoms with E-state index in [2.05, 4.69) is 30.0 Å². The second kappa shape index (κ2) is 12.1. The number of aliphatic hydroxyl groups is 2. The van der Waals surface area contributed by atoms with Gasteiger partial charge in [-0.2, -0.15) is 22.5 Å². The molecule has 0 radical (unpaired) electrons. The first kappa shape index (κ1) is 27.8. The van der Waals surface area contributed by atoms with E-state index in [9.17, 15) is 32.6 Å². The first-order valence-electron chi connectivity index (χ1n) is 11.4. The van der Waals surface area contributed by atoms with Crippen LogP contribution < -0.4 is 15.5 Å². The molecule has 204 valence electrons. The molecule has 4 rings (SSSR count). The fraction of sp³-hybridized carbons (Fsp3) is 0.208. The van der Waals surface area contributed by atoms with Gasteiger partial charge in [-0.05, 0) is 42.5 Å². The van der Waals surface area contributed by atoms with E-state index < -0.39 is 23.5 Å². The Balaban J connectivity index is 1.41. The van der Waals surface area contributed by atoms with Crippen molar-refractivity contribution in [2.45, 2.75) is 6.18 Å². The third kappa shape index (κ3) is 7.01. The number of hydrogen-bond acceptors (Lipinski definition) is 10. The Labute approximate surface area is 223 Å². The number of halogens is 4. The Morgan fingerprint density at radius 3 is 2.38 bits per heavy atom. The van der Waals surface area contributed by atoms with Crippen molar-refractivity contribution in [1.29, 1.82) is 0 Å². The molecule has 0 aliphatic heterocycles. The number of carbonyl (C=O) groups excluding carboxylic acids is 1. The molecule has 2 heterocycles. The molecule has 1 amide bonds. The standard InChI is InChI=1S/C24H21F4N7O3S/c25-18-6-3-15(11-17(18)24(26,27)28)21-32-23(39-34-21)33-22(38)14-1-4-16(5-2-14)31-19-12-20(30-13-29-19)35(7-9-36)8-10-37/h1-6,11-13,36-37H,7-10H2,(H,29,30,31)(H,32,33,34,38). The molecule has 0 saturated carbocycles. The molecular weight excluding hydrogens is 542 g/mol. The van der Waals surface area contributed by atoms with Crippen molar-refractivity contribution in [2.75, 3.05) is 41.8 Å². The van der Waals surface area contributed by atoms with Crippen LogP contribution in [0, 0.1) is 5.82 Å². The predicted molar refractivity (Wildman–Crippen MR) is 136 cm³/mol. The monoisotopic (exact) mass is 563 g/mol. The molecule has 0 bridgehead atoms. The van der Waals surface area contributed by atoms with Crippen molar-refractivity contribution in [3.05, 3.63) is 71.8 Å². The number of hydrogen-bond donors (Lipinski definition) is 4. The zero-order chi connectivity index (χ0) is 28.0. The number of aromatic nitrogens is 4. The molecule has 0 unspecified atom stereocenters. The van der Waals surface area contributed by atoms with Crippen molar-refractivity contribution in [3.63, 3.8) is 0 Å². The van der Waals surface area contributed by atoms with Crippen LogP contribution in [0.3, 0.4) is 0 Å². The van der Waals surface area contributed by atoms with Crippen LogP contribution in [0.15, 0.2) is 54.9 Å². The zero-order valence-electron chi connectivity index (χ0n) is 20.0. The molecule has 2 aromatic carbocycles. The summed E-state index contributed by atoms with van der Waals surface area (Å²) in [7, 11) is 0. The number of carbonyl (C=O) groups is 1. The lowest BCUT2D eigenvalue weighted by Crippen LogP contribution is -2.30. The largest absolute Gasteiger partial charge is 0.419 e. The van der Waals surface area contributed by atoms with E-state index in [-0.39, 0.29) is 48.4 Å². The van der Waals surface area contributed by atoms with Gasteiger partial charge >= 0.3 is 6.18 Å². The number of nitrogens with one attached hydrogen (secondary N) is 2. The number of amides is 1. The molecular formula is C24H21F4N7O3S. The Morgan fingerprint density at radius 2 is 1.72 bits per heavy atom. The van der Waals surface area contributed by atoms with E-state index in [0.29, 0.717) is 29.5 Å². The maximum atomic E-state index is 13.6. The van der Waals surface area contributed by atoms with Gasteiger partial charge in [0.25, 0.3) is 5.91 Å². The van der Waals surface area contributed by atoms with Crippen molar-refractivity contribution in [3.8, 4) is 11.4 Å².